The van der Waals surface area contributed by atoms with Gasteiger partial charge in [-0.3, -0.25) is 4.79 Å². The lowest BCUT2D eigenvalue weighted by molar-refractivity contribution is 0.104. The fourth-order valence-electron chi connectivity index (χ4n) is 1.74. The fourth-order valence-corrected chi connectivity index (χ4v) is 2.57. The molecule has 0 radical (unpaired) electrons. The van der Waals surface area contributed by atoms with Crippen LogP contribution in [0.4, 0.5) is 5.00 Å². The van der Waals surface area contributed by atoms with Crippen molar-refractivity contribution in [2.45, 2.75) is 6.92 Å². The van der Waals surface area contributed by atoms with Gasteiger partial charge in [-0.25, -0.2) is 4.79 Å². The Bertz CT molecular complexity index is 755. The molecular weight excluding hydrogens is 290 g/mol. The van der Waals surface area contributed by atoms with Crippen molar-refractivity contribution in [3.63, 3.8) is 0 Å². The maximum atomic E-state index is 12.0. The van der Waals surface area contributed by atoms with Gasteiger partial charge in [0.2, 0.25) is 0 Å². The SMILES string of the molecule is Cc1cc(O)c(C(=O)/C=C/c2ccc(N(C)C)s2)c(=O)o1. The van der Waals surface area contributed by atoms with E-state index in [9.17, 15) is 14.7 Å². The standard InChI is InChI=1S/C15H15NO4S/c1-9-8-12(18)14(15(19)20-9)11(17)6-4-10-5-7-13(21-10)16(2)3/h4-8,18H,1-3H3/b6-4+. The maximum Gasteiger partial charge on any atom is 0.351 e. The van der Waals surface area contributed by atoms with Crippen molar-refractivity contribution in [2.24, 2.45) is 0 Å². The minimum atomic E-state index is -0.831. The number of hydrogen-bond donors (Lipinski definition) is 1. The van der Waals surface area contributed by atoms with Gasteiger partial charge in [0.05, 0.1) is 5.00 Å². The van der Waals surface area contributed by atoms with Crippen LogP contribution in [0.1, 0.15) is 21.0 Å². The number of thiophene rings is 1. The highest BCUT2D eigenvalue weighted by Gasteiger charge is 2.15. The summed E-state index contributed by atoms with van der Waals surface area (Å²) in [5.74, 6) is -0.688. The normalized spacial score (nSPS) is 11.0. The predicted molar refractivity (Wildman–Crippen MR) is 83.4 cm³/mol. The Labute approximate surface area is 125 Å². The van der Waals surface area contributed by atoms with Crippen molar-refractivity contribution in [1.82, 2.24) is 0 Å². The summed E-state index contributed by atoms with van der Waals surface area (Å²) in [4.78, 5) is 26.5. The Balaban J connectivity index is 2.25. The van der Waals surface area contributed by atoms with Crippen LogP contribution in [0.15, 0.2) is 33.5 Å². The number of aromatic hydroxyl groups is 1. The largest absolute Gasteiger partial charge is 0.507 e. The monoisotopic (exact) mass is 305 g/mol. The number of carbonyl (C=O) groups is 1. The smallest absolute Gasteiger partial charge is 0.351 e. The van der Waals surface area contributed by atoms with Gasteiger partial charge in [-0.1, -0.05) is 0 Å². The van der Waals surface area contributed by atoms with Crippen molar-refractivity contribution < 1.29 is 14.3 Å². The molecule has 5 nitrogen and oxygen atoms in total. The molecular formula is C15H15NO4S. The highest BCUT2D eigenvalue weighted by Crippen LogP contribution is 2.25. The van der Waals surface area contributed by atoms with Crippen molar-refractivity contribution in [1.29, 1.82) is 0 Å². The number of aryl methyl sites for hydroxylation is 1. The van der Waals surface area contributed by atoms with E-state index in [0.717, 1.165) is 9.88 Å². The first-order chi connectivity index (χ1) is 9.88. The minimum absolute atomic E-state index is 0.256. The lowest BCUT2D eigenvalue weighted by atomic mass is 10.1. The first kappa shape index (κ1) is 15.1. The minimum Gasteiger partial charge on any atom is -0.507 e. The molecule has 0 fully saturated rings. The molecule has 2 aromatic heterocycles. The van der Waals surface area contributed by atoms with Crippen LogP contribution in [-0.2, 0) is 0 Å². The lowest BCUT2D eigenvalue weighted by Gasteiger charge is -2.06. The summed E-state index contributed by atoms with van der Waals surface area (Å²) in [6, 6.07) is 5.06. The van der Waals surface area contributed by atoms with Gasteiger partial charge in [0, 0.05) is 25.0 Å². The number of hydrogen-bond acceptors (Lipinski definition) is 6. The zero-order valence-electron chi connectivity index (χ0n) is 11.9. The molecule has 0 amide bonds. The van der Waals surface area contributed by atoms with Gasteiger partial charge in [0.15, 0.2) is 5.78 Å². The van der Waals surface area contributed by atoms with E-state index < -0.39 is 11.4 Å². The van der Waals surface area contributed by atoms with Crippen LogP contribution in [0.5, 0.6) is 5.75 Å². The Morgan fingerprint density at radius 1 is 1.38 bits per heavy atom. The molecule has 0 atom stereocenters. The average Bonchev–Trinajstić information content (AvgIpc) is 2.84. The zero-order chi connectivity index (χ0) is 15.6. The van der Waals surface area contributed by atoms with Gasteiger partial charge in [-0.05, 0) is 31.2 Å². The van der Waals surface area contributed by atoms with E-state index in [1.165, 1.54) is 30.4 Å². The third kappa shape index (κ3) is 3.41. The summed E-state index contributed by atoms with van der Waals surface area (Å²) in [6.07, 6.45) is 2.87. The number of nitrogens with zero attached hydrogens (tertiary/aromatic N) is 1. The summed E-state index contributed by atoms with van der Waals surface area (Å²) in [7, 11) is 3.86. The van der Waals surface area contributed by atoms with Crippen LogP contribution >= 0.6 is 11.3 Å². The summed E-state index contributed by atoms with van der Waals surface area (Å²) in [5, 5.41) is 10.8. The summed E-state index contributed by atoms with van der Waals surface area (Å²) in [6.45, 7) is 1.53. The second-order valence-electron chi connectivity index (χ2n) is 4.67. The number of carbonyl (C=O) groups excluding carboxylic acids is 1. The highest BCUT2D eigenvalue weighted by molar-refractivity contribution is 7.16. The van der Waals surface area contributed by atoms with Crippen LogP contribution in [0, 0.1) is 6.92 Å². The molecule has 0 aliphatic carbocycles. The van der Waals surface area contributed by atoms with Crippen LogP contribution < -0.4 is 10.5 Å². The molecule has 0 saturated heterocycles. The van der Waals surface area contributed by atoms with Crippen LogP contribution in [0.3, 0.4) is 0 Å². The predicted octanol–water partition coefficient (Wildman–Crippen LogP) is 2.68. The van der Waals surface area contributed by atoms with E-state index in [0.29, 0.717) is 0 Å². The van der Waals surface area contributed by atoms with E-state index in [1.807, 2.05) is 31.1 Å². The number of anilines is 1. The van der Waals surface area contributed by atoms with Crippen molar-refractivity contribution >= 4 is 28.2 Å². The number of rotatable bonds is 4. The molecule has 1 N–H and O–H groups in total. The van der Waals surface area contributed by atoms with E-state index in [2.05, 4.69) is 0 Å². The van der Waals surface area contributed by atoms with E-state index >= 15 is 0 Å². The Kier molecular flexibility index (Phi) is 4.28. The topological polar surface area (TPSA) is 70.8 Å². The number of allylic oxidation sites excluding steroid dienone is 1. The van der Waals surface area contributed by atoms with Crippen LogP contribution in [0.2, 0.25) is 0 Å². The molecule has 0 saturated carbocycles. The molecule has 6 heteroatoms. The van der Waals surface area contributed by atoms with E-state index in [4.69, 9.17) is 4.42 Å². The van der Waals surface area contributed by atoms with Crippen molar-refractivity contribution in [2.75, 3.05) is 19.0 Å². The van der Waals surface area contributed by atoms with Gasteiger partial charge in [-0.2, -0.15) is 0 Å². The van der Waals surface area contributed by atoms with Gasteiger partial charge in [-0.15, -0.1) is 11.3 Å². The quantitative estimate of drug-likeness (QED) is 0.694. The van der Waals surface area contributed by atoms with Gasteiger partial charge in [0.25, 0.3) is 0 Å². The molecule has 0 spiro atoms. The first-order valence-corrected chi connectivity index (χ1v) is 7.03. The first-order valence-electron chi connectivity index (χ1n) is 6.22. The second kappa shape index (κ2) is 5.97. The van der Waals surface area contributed by atoms with Gasteiger partial charge >= 0.3 is 5.63 Å². The molecule has 0 aliphatic heterocycles. The van der Waals surface area contributed by atoms with E-state index in [-0.39, 0.29) is 17.1 Å². The number of ketones is 1. The lowest BCUT2D eigenvalue weighted by Crippen LogP contribution is -2.12. The van der Waals surface area contributed by atoms with Gasteiger partial charge in [0.1, 0.15) is 17.1 Å². The molecule has 110 valence electrons. The fraction of sp³-hybridized carbons (Fsp3) is 0.200. The third-order valence-corrected chi connectivity index (χ3v) is 3.97. The molecule has 2 rings (SSSR count). The maximum absolute atomic E-state index is 12.0. The molecule has 2 aromatic rings. The molecule has 0 bridgehead atoms. The Morgan fingerprint density at radius 2 is 2.10 bits per heavy atom. The summed E-state index contributed by atoms with van der Waals surface area (Å²) in [5.41, 5.74) is -1.18. The molecule has 21 heavy (non-hydrogen) atoms. The van der Waals surface area contributed by atoms with Gasteiger partial charge < -0.3 is 14.4 Å². The van der Waals surface area contributed by atoms with Crippen LogP contribution in [0.25, 0.3) is 6.08 Å². The average molecular weight is 305 g/mol. The molecule has 2 heterocycles. The highest BCUT2D eigenvalue weighted by atomic mass is 32.1. The second-order valence-corrected chi connectivity index (χ2v) is 5.77. The Morgan fingerprint density at radius 3 is 2.67 bits per heavy atom. The van der Waals surface area contributed by atoms with Crippen LogP contribution in [-0.4, -0.2) is 25.0 Å². The summed E-state index contributed by atoms with van der Waals surface area (Å²) < 4.78 is 4.82. The molecule has 0 aromatic carbocycles. The Hall–Kier alpha value is -2.34. The van der Waals surface area contributed by atoms with Crippen molar-refractivity contribution in [3.8, 4) is 5.75 Å². The molecule has 0 aliphatic rings. The third-order valence-electron chi connectivity index (χ3n) is 2.75. The van der Waals surface area contributed by atoms with E-state index in [1.54, 1.807) is 6.08 Å². The van der Waals surface area contributed by atoms with Crippen molar-refractivity contribution in [3.05, 3.63) is 50.9 Å². The zero-order valence-corrected chi connectivity index (χ0v) is 12.7. The summed E-state index contributed by atoms with van der Waals surface area (Å²) >= 11 is 1.51. The molecule has 0 unspecified atom stereocenters.